The number of carbonyl (C=O) groups excluding carboxylic acids is 1. The third-order valence-corrected chi connectivity index (χ3v) is 1.18. The summed E-state index contributed by atoms with van der Waals surface area (Å²) in [6, 6.07) is 9.47. The zero-order valence-corrected chi connectivity index (χ0v) is 5.86. The molecule has 0 aliphatic heterocycles. The maximum absolute atomic E-state index is 9.58. The van der Waals surface area contributed by atoms with E-state index in [1.54, 1.807) is 0 Å². The third kappa shape index (κ3) is 2.82. The van der Waals surface area contributed by atoms with Gasteiger partial charge in [0.2, 0.25) is 0 Å². The topological polar surface area (TPSA) is 40.4 Å². The molecule has 11 heavy (non-hydrogen) atoms. The molecule has 0 saturated carbocycles. The average Bonchev–Trinajstić information content (AvgIpc) is 2.07. The van der Waals surface area contributed by atoms with Crippen LogP contribution in [0, 0.1) is 0 Å². The molecule has 0 saturated heterocycles. The van der Waals surface area contributed by atoms with Crippen LogP contribution < -0.4 is 5.48 Å². The molecule has 1 amide bonds. The average molecular weight is 149 g/mol. The summed E-state index contributed by atoms with van der Waals surface area (Å²) in [4.78, 5) is 14.1. The smallest absolute Gasteiger partial charge is 0.259 e. The molecule has 2 radical (unpaired) electrons. The molecule has 1 aromatic carbocycles. The molecule has 0 fully saturated rings. The summed E-state index contributed by atoms with van der Waals surface area (Å²) in [5.74, 6) is 0. The number of nitrogens with zero attached hydrogens (tertiary/aromatic N) is 1. The fourth-order valence-corrected chi connectivity index (χ4v) is 0.707. The van der Waals surface area contributed by atoms with E-state index in [-0.39, 0.29) is 0 Å². The normalized spacial score (nSPS) is 9.09. The Bertz CT molecular complexity index is 211. The van der Waals surface area contributed by atoms with Crippen molar-refractivity contribution in [2.24, 2.45) is 0 Å². The van der Waals surface area contributed by atoms with Gasteiger partial charge in [0.25, 0.3) is 0 Å². The third-order valence-electron chi connectivity index (χ3n) is 1.18. The van der Waals surface area contributed by atoms with Crippen molar-refractivity contribution in [2.45, 2.75) is 6.61 Å². The van der Waals surface area contributed by atoms with Gasteiger partial charge in [-0.3, -0.25) is 4.79 Å². The van der Waals surface area contributed by atoms with Crippen LogP contribution in [0.25, 0.3) is 0 Å². The van der Waals surface area contributed by atoms with Gasteiger partial charge in [-0.2, -0.15) is 0 Å². The number of rotatable bonds is 4. The molecule has 0 atom stereocenters. The molecule has 1 aromatic rings. The number of hydroxylamine groups is 1. The standard InChI is InChI=1S/C8H7NO2/c10-7-9-11-6-8-4-2-1-3-5-8/h1-5H,6H2. The Morgan fingerprint density at radius 1 is 1.36 bits per heavy atom. The zero-order valence-electron chi connectivity index (χ0n) is 5.86. The predicted molar refractivity (Wildman–Crippen MR) is 39.1 cm³/mol. The maximum atomic E-state index is 9.58. The molecule has 0 heterocycles. The Morgan fingerprint density at radius 2 is 2.09 bits per heavy atom. The van der Waals surface area contributed by atoms with Gasteiger partial charge in [-0.25, -0.2) is 4.84 Å². The lowest BCUT2D eigenvalue weighted by atomic mass is 10.2. The quantitative estimate of drug-likeness (QED) is 0.469. The van der Waals surface area contributed by atoms with E-state index in [0.717, 1.165) is 5.56 Å². The Labute approximate surface area is 64.9 Å². The first-order valence-electron chi connectivity index (χ1n) is 3.16. The highest BCUT2D eigenvalue weighted by molar-refractivity contribution is 5.44. The molecule has 1 rings (SSSR count). The second-order valence-electron chi connectivity index (χ2n) is 1.94. The Hall–Kier alpha value is -1.35. The van der Waals surface area contributed by atoms with Crippen LogP contribution in [-0.2, 0) is 16.2 Å². The molecule has 0 spiro atoms. The van der Waals surface area contributed by atoms with Crippen LogP contribution >= 0.6 is 0 Å². The van der Waals surface area contributed by atoms with E-state index < -0.39 is 0 Å². The maximum Gasteiger partial charge on any atom is 0.361 e. The van der Waals surface area contributed by atoms with E-state index in [9.17, 15) is 4.79 Å². The van der Waals surface area contributed by atoms with Crippen molar-refractivity contribution in [3.8, 4) is 0 Å². The van der Waals surface area contributed by atoms with Crippen molar-refractivity contribution < 1.29 is 9.63 Å². The second-order valence-corrected chi connectivity index (χ2v) is 1.94. The fraction of sp³-hybridized carbons (Fsp3) is 0.125. The molecule has 0 N–H and O–H groups in total. The lowest BCUT2D eigenvalue weighted by Crippen LogP contribution is -2.02. The van der Waals surface area contributed by atoms with Crippen molar-refractivity contribution in [1.82, 2.24) is 5.48 Å². The molecular weight excluding hydrogens is 142 g/mol. The van der Waals surface area contributed by atoms with Crippen molar-refractivity contribution in [3.63, 3.8) is 0 Å². The molecule has 0 aromatic heterocycles. The summed E-state index contributed by atoms with van der Waals surface area (Å²) in [6.07, 6.45) is 1.29. The number of hydrogen-bond acceptors (Lipinski definition) is 2. The summed E-state index contributed by atoms with van der Waals surface area (Å²) >= 11 is 0. The Morgan fingerprint density at radius 3 is 2.73 bits per heavy atom. The summed E-state index contributed by atoms with van der Waals surface area (Å²) < 4.78 is 0. The van der Waals surface area contributed by atoms with Gasteiger partial charge in [0.05, 0.1) is 0 Å². The van der Waals surface area contributed by atoms with Crippen molar-refractivity contribution in [1.29, 1.82) is 0 Å². The van der Waals surface area contributed by atoms with Gasteiger partial charge < -0.3 is 0 Å². The van der Waals surface area contributed by atoms with Crippen LogP contribution in [0.2, 0.25) is 0 Å². The molecule has 0 unspecified atom stereocenters. The largest absolute Gasteiger partial charge is 0.361 e. The highest BCUT2D eigenvalue weighted by Crippen LogP contribution is 1.98. The van der Waals surface area contributed by atoms with Gasteiger partial charge in [0.1, 0.15) is 6.61 Å². The molecule has 3 nitrogen and oxygen atoms in total. The van der Waals surface area contributed by atoms with Crippen LogP contribution in [-0.4, -0.2) is 6.41 Å². The predicted octanol–water partition coefficient (Wildman–Crippen LogP) is 0.790. The van der Waals surface area contributed by atoms with E-state index in [0.29, 0.717) is 6.61 Å². The van der Waals surface area contributed by atoms with Gasteiger partial charge in [-0.15, -0.1) is 0 Å². The SMILES string of the molecule is O=[C][N]OCc1ccccc1. The van der Waals surface area contributed by atoms with E-state index in [4.69, 9.17) is 0 Å². The van der Waals surface area contributed by atoms with E-state index in [1.165, 1.54) is 6.41 Å². The minimum atomic E-state index is 0.316. The van der Waals surface area contributed by atoms with Gasteiger partial charge in [-0.1, -0.05) is 35.8 Å². The van der Waals surface area contributed by atoms with Crippen LogP contribution in [0.1, 0.15) is 5.56 Å². The minimum Gasteiger partial charge on any atom is -0.259 e. The zero-order chi connectivity index (χ0) is 7.94. The van der Waals surface area contributed by atoms with Gasteiger partial charge in [0, 0.05) is 0 Å². The summed E-state index contributed by atoms with van der Waals surface area (Å²) in [7, 11) is 0. The summed E-state index contributed by atoms with van der Waals surface area (Å²) in [5.41, 5.74) is 3.94. The Kier molecular flexibility index (Phi) is 3.15. The lowest BCUT2D eigenvalue weighted by Gasteiger charge is -1.96. The monoisotopic (exact) mass is 149 g/mol. The molecule has 0 aliphatic rings. The fourth-order valence-electron chi connectivity index (χ4n) is 0.707. The van der Waals surface area contributed by atoms with Crippen LogP contribution in [0.4, 0.5) is 0 Å². The molecule has 56 valence electrons. The number of benzene rings is 1. The highest BCUT2D eigenvalue weighted by Gasteiger charge is 1.90. The lowest BCUT2D eigenvalue weighted by molar-refractivity contribution is 0.0620. The summed E-state index contributed by atoms with van der Waals surface area (Å²) in [6.45, 7) is 0.316. The highest BCUT2D eigenvalue weighted by atomic mass is 16.6. The molecule has 3 heteroatoms. The summed E-state index contributed by atoms with van der Waals surface area (Å²) in [5, 5.41) is 0. The Balaban J connectivity index is 2.33. The van der Waals surface area contributed by atoms with E-state index in [1.807, 2.05) is 30.3 Å². The van der Waals surface area contributed by atoms with Crippen molar-refractivity contribution in [3.05, 3.63) is 35.9 Å². The van der Waals surface area contributed by atoms with Gasteiger partial charge >= 0.3 is 6.41 Å². The van der Waals surface area contributed by atoms with Crippen LogP contribution in [0.3, 0.4) is 0 Å². The van der Waals surface area contributed by atoms with Crippen molar-refractivity contribution >= 4 is 6.41 Å². The minimum absolute atomic E-state index is 0.316. The number of hydrogen-bond donors (Lipinski definition) is 0. The number of amides is 1. The van der Waals surface area contributed by atoms with Crippen molar-refractivity contribution in [2.75, 3.05) is 0 Å². The van der Waals surface area contributed by atoms with Crippen LogP contribution in [0.5, 0.6) is 0 Å². The van der Waals surface area contributed by atoms with E-state index >= 15 is 0 Å². The van der Waals surface area contributed by atoms with Gasteiger partial charge in [-0.05, 0) is 5.56 Å². The first kappa shape index (κ1) is 7.75. The first-order chi connectivity index (χ1) is 5.43. The second kappa shape index (κ2) is 4.46. The van der Waals surface area contributed by atoms with E-state index in [2.05, 4.69) is 10.3 Å². The van der Waals surface area contributed by atoms with Gasteiger partial charge in [0.15, 0.2) is 0 Å². The molecule has 0 bridgehead atoms. The first-order valence-corrected chi connectivity index (χ1v) is 3.16. The molecular formula is C8H7NO2. The van der Waals surface area contributed by atoms with Crippen LogP contribution in [0.15, 0.2) is 30.3 Å². The molecule has 0 aliphatic carbocycles.